The highest BCUT2D eigenvalue weighted by Gasteiger charge is 2.18. The number of pyridine rings is 2. The molecule has 3 heterocycles. The highest BCUT2D eigenvalue weighted by Crippen LogP contribution is 2.16. The highest BCUT2D eigenvalue weighted by molar-refractivity contribution is 6.04. The number of ether oxygens (including phenoxy) is 2. The van der Waals surface area contributed by atoms with Crippen molar-refractivity contribution in [2.75, 3.05) is 18.5 Å². The number of nitrogens with zero attached hydrogens (tertiary/aromatic N) is 2. The Labute approximate surface area is 122 Å². The number of hydrogen-bond donors (Lipinski definition) is 1. The summed E-state index contributed by atoms with van der Waals surface area (Å²) in [5, 5.41) is 2.77. The van der Waals surface area contributed by atoms with Crippen molar-refractivity contribution in [2.45, 2.75) is 12.5 Å². The number of amides is 1. The van der Waals surface area contributed by atoms with Crippen LogP contribution >= 0.6 is 0 Å². The first-order valence-electron chi connectivity index (χ1n) is 6.73. The van der Waals surface area contributed by atoms with Gasteiger partial charge in [-0.3, -0.25) is 9.78 Å². The number of hydrogen-bond acceptors (Lipinski definition) is 5. The third kappa shape index (κ3) is 3.55. The fourth-order valence-corrected chi connectivity index (χ4v) is 2.03. The summed E-state index contributed by atoms with van der Waals surface area (Å²) < 4.78 is 10.9. The normalized spacial score (nSPS) is 17.4. The fraction of sp³-hybridized carbons (Fsp3) is 0.267. The second-order valence-corrected chi connectivity index (χ2v) is 4.68. The van der Waals surface area contributed by atoms with E-state index < -0.39 is 0 Å². The number of aromatic nitrogens is 2. The molecule has 1 saturated heterocycles. The molecule has 6 heteroatoms. The molecule has 0 bridgehead atoms. The van der Waals surface area contributed by atoms with Crippen LogP contribution in [0.4, 0.5) is 5.69 Å². The van der Waals surface area contributed by atoms with E-state index in [1.165, 1.54) is 0 Å². The van der Waals surface area contributed by atoms with Crippen molar-refractivity contribution in [3.05, 3.63) is 48.4 Å². The Morgan fingerprint density at radius 3 is 3.10 bits per heavy atom. The molecule has 2 aromatic heterocycles. The third-order valence-electron chi connectivity index (χ3n) is 3.09. The molecule has 0 aliphatic carbocycles. The third-order valence-corrected chi connectivity index (χ3v) is 3.09. The van der Waals surface area contributed by atoms with Crippen LogP contribution in [0, 0.1) is 0 Å². The monoisotopic (exact) mass is 285 g/mol. The van der Waals surface area contributed by atoms with Gasteiger partial charge in [0.15, 0.2) is 0 Å². The average Bonchev–Trinajstić information content (AvgIpc) is 3.01. The van der Waals surface area contributed by atoms with Gasteiger partial charge in [-0.2, -0.15) is 0 Å². The van der Waals surface area contributed by atoms with E-state index in [4.69, 9.17) is 9.47 Å². The van der Waals surface area contributed by atoms with Crippen molar-refractivity contribution in [2.24, 2.45) is 0 Å². The lowest BCUT2D eigenvalue weighted by atomic mass is 10.2. The van der Waals surface area contributed by atoms with Crippen LogP contribution in [-0.2, 0) is 4.74 Å². The molecular weight excluding hydrogens is 270 g/mol. The van der Waals surface area contributed by atoms with Crippen LogP contribution in [-0.4, -0.2) is 35.2 Å². The smallest absolute Gasteiger partial charge is 0.255 e. The maximum Gasteiger partial charge on any atom is 0.255 e. The van der Waals surface area contributed by atoms with Crippen LogP contribution in [0.15, 0.2) is 42.9 Å². The first kappa shape index (κ1) is 13.5. The molecule has 1 unspecified atom stereocenters. The highest BCUT2D eigenvalue weighted by atomic mass is 16.5. The second kappa shape index (κ2) is 6.32. The number of carbonyl (C=O) groups excluding carboxylic acids is 1. The van der Waals surface area contributed by atoms with E-state index in [2.05, 4.69) is 15.3 Å². The Bertz CT molecular complexity index is 613. The van der Waals surface area contributed by atoms with E-state index in [0.717, 1.165) is 6.42 Å². The van der Waals surface area contributed by atoms with Crippen molar-refractivity contribution in [1.29, 1.82) is 0 Å². The predicted molar refractivity (Wildman–Crippen MR) is 76.3 cm³/mol. The summed E-state index contributed by atoms with van der Waals surface area (Å²) in [6, 6.07) is 6.81. The zero-order valence-corrected chi connectivity index (χ0v) is 11.4. The van der Waals surface area contributed by atoms with Crippen LogP contribution in [0.3, 0.4) is 0 Å². The minimum absolute atomic E-state index is 0.00846. The Morgan fingerprint density at radius 1 is 1.38 bits per heavy atom. The molecule has 1 aliphatic heterocycles. The molecule has 0 radical (unpaired) electrons. The molecule has 1 amide bonds. The van der Waals surface area contributed by atoms with Gasteiger partial charge in [0, 0.05) is 30.4 Å². The van der Waals surface area contributed by atoms with Crippen molar-refractivity contribution in [3.63, 3.8) is 0 Å². The van der Waals surface area contributed by atoms with Gasteiger partial charge >= 0.3 is 0 Å². The molecule has 108 valence electrons. The molecular formula is C15H15N3O3. The van der Waals surface area contributed by atoms with E-state index in [0.29, 0.717) is 30.3 Å². The topological polar surface area (TPSA) is 73.3 Å². The Balaban J connectivity index is 1.68. The van der Waals surface area contributed by atoms with Crippen LogP contribution in [0.2, 0.25) is 0 Å². The van der Waals surface area contributed by atoms with Gasteiger partial charge in [-0.05, 0) is 18.2 Å². The zero-order chi connectivity index (χ0) is 14.5. The maximum atomic E-state index is 12.2. The van der Waals surface area contributed by atoms with Crippen LogP contribution in [0.25, 0.3) is 0 Å². The lowest BCUT2D eigenvalue weighted by Crippen LogP contribution is -2.17. The van der Waals surface area contributed by atoms with Gasteiger partial charge in [0.2, 0.25) is 5.88 Å². The number of nitrogens with one attached hydrogen (secondary N) is 1. The van der Waals surface area contributed by atoms with E-state index >= 15 is 0 Å². The SMILES string of the molecule is O=C(Nc1cccnc1)c1ccnc(OC2CCOC2)c1. The van der Waals surface area contributed by atoms with Gasteiger partial charge < -0.3 is 14.8 Å². The second-order valence-electron chi connectivity index (χ2n) is 4.68. The predicted octanol–water partition coefficient (Wildman–Crippen LogP) is 1.90. The summed E-state index contributed by atoms with van der Waals surface area (Å²) in [5.74, 6) is 0.210. The van der Waals surface area contributed by atoms with E-state index in [1.807, 2.05) is 0 Å². The molecule has 0 spiro atoms. The molecule has 1 fully saturated rings. The number of carbonyl (C=O) groups is 1. The maximum absolute atomic E-state index is 12.2. The van der Waals surface area contributed by atoms with Crippen molar-refractivity contribution >= 4 is 11.6 Å². The Hall–Kier alpha value is -2.47. The van der Waals surface area contributed by atoms with Gasteiger partial charge in [0.25, 0.3) is 5.91 Å². The molecule has 1 aliphatic rings. The lowest BCUT2D eigenvalue weighted by molar-refractivity contribution is 0.102. The summed E-state index contributed by atoms with van der Waals surface area (Å²) in [6.45, 7) is 1.26. The fourth-order valence-electron chi connectivity index (χ4n) is 2.03. The minimum Gasteiger partial charge on any atom is -0.472 e. The Kier molecular flexibility index (Phi) is 4.07. The lowest BCUT2D eigenvalue weighted by Gasteiger charge is -2.11. The molecule has 1 atom stereocenters. The van der Waals surface area contributed by atoms with Gasteiger partial charge in [-0.1, -0.05) is 0 Å². The van der Waals surface area contributed by atoms with Crippen LogP contribution in [0.5, 0.6) is 5.88 Å². The Morgan fingerprint density at radius 2 is 2.33 bits per heavy atom. The van der Waals surface area contributed by atoms with Crippen molar-refractivity contribution in [1.82, 2.24) is 9.97 Å². The molecule has 1 N–H and O–H groups in total. The van der Waals surface area contributed by atoms with Gasteiger partial charge in [0.1, 0.15) is 6.10 Å². The first-order valence-corrected chi connectivity index (χ1v) is 6.73. The van der Waals surface area contributed by atoms with E-state index in [1.54, 1.807) is 42.9 Å². The van der Waals surface area contributed by atoms with Crippen LogP contribution in [0.1, 0.15) is 16.8 Å². The van der Waals surface area contributed by atoms with Gasteiger partial charge in [-0.25, -0.2) is 4.98 Å². The largest absolute Gasteiger partial charge is 0.472 e. The first-order chi connectivity index (χ1) is 10.3. The average molecular weight is 285 g/mol. The summed E-state index contributed by atoms with van der Waals surface area (Å²) in [6.07, 6.45) is 5.65. The summed E-state index contributed by atoms with van der Waals surface area (Å²) >= 11 is 0. The van der Waals surface area contributed by atoms with Crippen molar-refractivity contribution in [3.8, 4) is 5.88 Å². The van der Waals surface area contributed by atoms with Crippen LogP contribution < -0.4 is 10.1 Å². The summed E-state index contributed by atoms with van der Waals surface area (Å²) in [7, 11) is 0. The number of rotatable bonds is 4. The standard InChI is InChI=1S/C15H15N3O3/c19-15(18-12-2-1-5-16-9-12)11-3-6-17-14(8-11)21-13-4-7-20-10-13/h1-3,5-6,8-9,13H,4,7,10H2,(H,18,19). The minimum atomic E-state index is -0.224. The zero-order valence-electron chi connectivity index (χ0n) is 11.4. The quantitative estimate of drug-likeness (QED) is 0.928. The van der Waals surface area contributed by atoms with E-state index in [9.17, 15) is 4.79 Å². The molecule has 0 saturated carbocycles. The molecule has 6 nitrogen and oxygen atoms in total. The van der Waals surface area contributed by atoms with Gasteiger partial charge in [-0.15, -0.1) is 0 Å². The summed E-state index contributed by atoms with van der Waals surface area (Å²) in [4.78, 5) is 20.2. The molecule has 0 aromatic carbocycles. The van der Waals surface area contributed by atoms with Gasteiger partial charge in [0.05, 0.1) is 25.1 Å². The van der Waals surface area contributed by atoms with E-state index in [-0.39, 0.29) is 12.0 Å². The molecule has 3 rings (SSSR count). The molecule has 2 aromatic rings. The van der Waals surface area contributed by atoms with Crippen molar-refractivity contribution < 1.29 is 14.3 Å². The number of anilines is 1. The summed E-state index contributed by atoms with van der Waals surface area (Å²) in [5.41, 5.74) is 1.13. The molecule has 21 heavy (non-hydrogen) atoms.